The quantitative estimate of drug-likeness (QED) is 0.752. The molecule has 0 aliphatic carbocycles. The molecule has 2 nitrogen and oxygen atoms in total. The molecule has 0 aromatic heterocycles. The average molecular weight is 251 g/mol. The summed E-state index contributed by atoms with van der Waals surface area (Å²) in [4.78, 5) is 0. The molecular formula is C15H22FNO. The standard InChI is InChI=1S/C15H22FNO/c1-4-13(11-17-7-8-18-3)9-14-6-5-12(2)15(16)10-14/h5-6,9-10,17H,4,7-8,11H2,1-3H3. The lowest BCUT2D eigenvalue weighted by molar-refractivity contribution is 0.200. The maximum atomic E-state index is 13.4. The van der Waals surface area contributed by atoms with Crippen LogP contribution in [0.2, 0.25) is 0 Å². The number of nitrogens with one attached hydrogen (secondary N) is 1. The molecule has 0 aliphatic heterocycles. The van der Waals surface area contributed by atoms with E-state index in [4.69, 9.17) is 4.74 Å². The Morgan fingerprint density at radius 1 is 1.44 bits per heavy atom. The van der Waals surface area contributed by atoms with Crippen molar-refractivity contribution in [3.63, 3.8) is 0 Å². The summed E-state index contributed by atoms with van der Waals surface area (Å²) in [6, 6.07) is 5.34. The lowest BCUT2D eigenvalue weighted by Crippen LogP contribution is -2.21. The van der Waals surface area contributed by atoms with Crippen molar-refractivity contribution in [2.24, 2.45) is 0 Å². The Bertz CT molecular complexity index is 401. The predicted molar refractivity (Wildman–Crippen MR) is 74.2 cm³/mol. The summed E-state index contributed by atoms with van der Waals surface area (Å²) < 4.78 is 18.4. The molecule has 0 fully saturated rings. The zero-order valence-corrected chi connectivity index (χ0v) is 11.4. The molecule has 0 amide bonds. The Hall–Kier alpha value is -1.19. The first-order valence-electron chi connectivity index (χ1n) is 6.32. The second kappa shape index (κ2) is 8.01. The summed E-state index contributed by atoms with van der Waals surface area (Å²) in [6.07, 6.45) is 3.00. The third-order valence-corrected chi connectivity index (χ3v) is 2.86. The molecule has 3 heteroatoms. The van der Waals surface area contributed by atoms with Gasteiger partial charge in [0.15, 0.2) is 0 Å². The van der Waals surface area contributed by atoms with Crippen molar-refractivity contribution in [2.75, 3.05) is 26.8 Å². The molecule has 1 aromatic rings. The van der Waals surface area contributed by atoms with Crippen LogP contribution >= 0.6 is 0 Å². The van der Waals surface area contributed by atoms with Gasteiger partial charge in [-0.05, 0) is 30.5 Å². The molecule has 0 bridgehead atoms. The topological polar surface area (TPSA) is 21.3 Å². The molecule has 0 heterocycles. The highest BCUT2D eigenvalue weighted by molar-refractivity contribution is 5.53. The predicted octanol–water partition coefficient (Wildman–Crippen LogP) is 3.16. The molecule has 18 heavy (non-hydrogen) atoms. The first kappa shape index (κ1) is 14.9. The summed E-state index contributed by atoms with van der Waals surface area (Å²) >= 11 is 0. The molecule has 100 valence electrons. The molecule has 0 saturated heterocycles. The van der Waals surface area contributed by atoms with Crippen LogP contribution in [0.5, 0.6) is 0 Å². The van der Waals surface area contributed by atoms with Crippen molar-refractivity contribution in [1.82, 2.24) is 5.32 Å². The number of methoxy groups -OCH3 is 1. The van der Waals surface area contributed by atoms with Crippen molar-refractivity contribution < 1.29 is 9.13 Å². The number of rotatable bonds is 7. The summed E-state index contributed by atoms with van der Waals surface area (Å²) in [5, 5.41) is 3.30. The molecule has 1 N–H and O–H groups in total. The minimum absolute atomic E-state index is 0.147. The van der Waals surface area contributed by atoms with Gasteiger partial charge < -0.3 is 10.1 Å². The first-order valence-corrected chi connectivity index (χ1v) is 6.32. The van der Waals surface area contributed by atoms with Crippen molar-refractivity contribution in [2.45, 2.75) is 20.3 Å². The van der Waals surface area contributed by atoms with Crippen LogP contribution in [0.1, 0.15) is 24.5 Å². The number of hydrogen-bond donors (Lipinski definition) is 1. The number of benzene rings is 1. The van der Waals surface area contributed by atoms with E-state index in [1.54, 1.807) is 20.1 Å². The first-order chi connectivity index (χ1) is 8.67. The van der Waals surface area contributed by atoms with Gasteiger partial charge in [-0.3, -0.25) is 0 Å². The Kier molecular flexibility index (Phi) is 6.61. The van der Waals surface area contributed by atoms with Crippen molar-refractivity contribution in [3.05, 3.63) is 40.7 Å². The Morgan fingerprint density at radius 3 is 2.83 bits per heavy atom. The molecule has 1 aromatic carbocycles. The van der Waals surface area contributed by atoms with E-state index in [9.17, 15) is 4.39 Å². The van der Waals surface area contributed by atoms with Crippen LogP contribution < -0.4 is 5.32 Å². The zero-order valence-electron chi connectivity index (χ0n) is 11.4. The molecular weight excluding hydrogens is 229 g/mol. The normalized spacial score (nSPS) is 11.9. The van der Waals surface area contributed by atoms with Gasteiger partial charge in [0.2, 0.25) is 0 Å². The van der Waals surface area contributed by atoms with Crippen LogP contribution in [0.25, 0.3) is 6.08 Å². The van der Waals surface area contributed by atoms with Crippen LogP contribution in [-0.2, 0) is 4.74 Å². The Morgan fingerprint density at radius 2 is 2.22 bits per heavy atom. The average Bonchev–Trinajstić information content (AvgIpc) is 2.37. The van der Waals surface area contributed by atoms with E-state index in [-0.39, 0.29) is 5.82 Å². The third kappa shape index (κ3) is 4.98. The second-order valence-electron chi connectivity index (χ2n) is 4.33. The van der Waals surface area contributed by atoms with Gasteiger partial charge >= 0.3 is 0 Å². The van der Waals surface area contributed by atoms with Crippen LogP contribution in [-0.4, -0.2) is 26.8 Å². The van der Waals surface area contributed by atoms with E-state index >= 15 is 0 Å². The van der Waals surface area contributed by atoms with E-state index in [2.05, 4.69) is 12.2 Å². The minimum Gasteiger partial charge on any atom is -0.383 e. The van der Waals surface area contributed by atoms with Crippen molar-refractivity contribution >= 4 is 6.08 Å². The summed E-state index contributed by atoms with van der Waals surface area (Å²) in [5.74, 6) is -0.147. The maximum absolute atomic E-state index is 13.4. The largest absolute Gasteiger partial charge is 0.383 e. The van der Waals surface area contributed by atoms with Gasteiger partial charge in [0.1, 0.15) is 5.82 Å². The molecule has 0 atom stereocenters. The van der Waals surface area contributed by atoms with Gasteiger partial charge in [-0.25, -0.2) is 4.39 Å². The van der Waals surface area contributed by atoms with Crippen LogP contribution in [0.15, 0.2) is 23.8 Å². The van der Waals surface area contributed by atoms with E-state index in [1.165, 1.54) is 5.57 Å². The highest BCUT2D eigenvalue weighted by Gasteiger charge is 1.99. The summed E-state index contributed by atoms with van der Waals surface area (Å²) in [5.41, 5.74) is 2.86. The van der Waals surface area contributed by atoms with E-state index in [0.717, 1.165) is 25.1 Å². The van der Waals surface area contributed by atoms with Crippen LogP contribution in [0.4, 0.5) is 4.39 Å². The molecule has 0 spiro atoms. The number of aryl methyl sites for hydroxylation is 1. The van der Waals surface area contributed by atoms with Gasteiger partial charge in [0, 0.05) is 20.2 Å². The maximum Gasteiger partial charge on any atom is 0.126 e. The highest BCUT2D eigenvalue weighted by atomic mass is 19.1. The van der Waals surface area contributed by atoms with Crippen LogP contribution in [0, 0.1) is 12.7 Å². The molecule has 0 unspecified atom stereocenters. The SMILES string of the molecule is CCC(=Cc1ccc(C)c(F)c1)CNCCOC. The van der Waals surface area contributed by atoms with Gasteiger partial charge in [-0.1, -0.05) is 30.7 Å². The number of ether oxygens (including phenoxy) is 1. The van der Waals surface area contributed by atoms with Crippen molar-refractivity contribution in [3.8, 4) is 0 Å². The van der Waals surface area contributed by atoms with E-state index in [0.29, 0.717) is 12.2 Å². The van der Waals surface area contributed by atoms with Crippen LogP contribution in [0.3, 0.4) is 0 Å². The van der Waals surface area contributed by atoms with Gasteiger partial charge in [-0.15, -0.1) is 0 Å². The van der Waals surface area contributed by atoms with E-state index < -0.39 is 0 Å². The summed E-state index contributed by atoms with van der Waals surface area (Å²) in [6.45, 7) is 6.23. The molecule has 1 rings (SSSR count). The van der Waals surface area contributed by atoms with Gasteiger partial charge in [-0.2, -0.15) is 0 Å². The molecule has 0 radical (unpaired) electrons. The second-order valence-corrected chi connectivity index (χ2v) is 4.33. The third-order valence-electron chi connectivity index (χ3n) is 2.86. The molecule has 0 saturated carbocycles. The number of hydrogen-bond acceptors (Lipinski definition) is 2. The smallest absolute Gasteiger partial charge is 0.126 e. The van der Waals surface area contributed by atoms with Gasteiger partial charge in [0.05, 0.1) is 6.61 Å². The lowest BCUT2D eigenvalue weighted by Gasteiger charge is -2.07. The molecule has 0 aliphatic rings. The Labute approximate surface area is 109 Å². The fraction of sp³-hybridized carbons (Fsp3) is 0.467. The van der Waals surface area contributed by atoms with Gasteiger partial charge in [0.25, 0.3) is 0 Å². The minimum atomic E-state index is -0.147. The summed E-state index contributed by atoms with van der Waals surface area (Å²) in [7, 11) is 1.69. The zero-order chi connectivity index (χ0) is 13.4. The van der Waals surface area contributed by atoms with Crippen molar-refractivity contribution in [1.29, 1.82) is 0 Å². The van der Waals surface area contributed by atoms with E-state index in [1.807, 2.05) is 18.2 Å². The Balaban J connectivity index is 2.62. The highest BCUT2D eigenvalue weighted by Crippen LogP contribution is 2.13. The lowest BCUT2D eigenvalue weighted by atomic mass is 10.1. The number of halogens is 1. The fourth-order valence-electron chi connectivity index (χ4n) is 1.64. The monoisotopic (exact) mass is 251 g/mol. The fourth-order valence-corrected chi connectivity index (χ4v) is 1.64.